The van der Waals surface area contributed by atoms with E-state index >= 15 is 0 Å². The van der Waals surface area contributed by atoms with Crippen molar-refractivity contribution in [2.24, 2.45) is 5.92 Å². The first kappa shape index (κ1) is 12.2. The SMILES string of the molecule is CCNCCCS(=O)CC1CCCC1. The Morgan fingerprint density at radius 2 is 2.07 bits per heavy atom. The lowest BCUT2D eigenvalue weighted by atomic mass is 10.1. The van der Waals surface area contributed by atoms with E-state index in [-0.39, 0.29) is 0 Å². The molecule has 84 valence electrons. The van der Waals surface area contributed by atoms with Crippen molar-refractivity contribution in [1.29, 1.82) is 0 Å². The average Bonchev–Trinajstić information content (AvgIpc) is 2.65. The molecule has 2 nitrogen and oxygen atoms in total. The van der Waals surface area contributed by atoms with Crippen LogP contribution in [-0.4, -0.2) is 28.8 Å². The van der Waals surface area contributed by atoms with Gasteiger partial charge in [-0.2, -0.15) is 0 Å². The van der Waals surface area contributed by atoms with E-state index < -0.39 is 10.8 Å². The van der Waals surface area contributed by atoms with E-state index in [1.807, 2.05) is 0 Å². The molecular weight excluding hydrogens is 194 g/mol. The summed E-state index contributed by atoms with van der Waals surface area (Å²) in [4.78, 5) is 0. The molecule has 0 amide bonds. The van der Waals surface area contributed by atoms with Crippen molar-refractivity contribution in [3.8, 4) is 0 Å². The molecule has 1 rings (SSSR count). The van der Waals surface area contributed by atoms with Crippen LogP contribution >= 0.6 is 0 Å². The first-order chi connectivity index (χ1) is 6.83. The monoisotopic (exact) mass is 217 g/mol. The zero-order chi connectivity index (χ0) is 10.2. The van der Waals surface area contributed by atoms with E-state index in [0.29, 0.717) is 0 Å². The maximum absolute atomic E-state index is 11.6. The van der Waals surface area contributed by atoms with Crippen molar-refractivity contribution in [2.75, 3.05) is 24.6 Å². The van der Waals surface area contributed by atoms with Crippen molar-refractivity contribution in [2.45, 2.75) is 39.0 Å². The summed E-state index contributed by atoms with van der Waals surface area (Å²) in [7, 11) is -0.553. The van der Waals surface area contributed by atoms with Crippen molar-refractivity contribution in [1.82, 2.24) is 5.32 Å². The van der Waals surface area contributed by atoms with Crippen LogP contribution in [0.2, 0.25) is 0 Å². The largest absolute Gasteiger partial charge is 0.317 e. The van der Waals surface area contributed by atoms with Gasteiger partial charge in [-0.25, -0.2) is 0 Å². The van der Waals surface area contributed by atoms with Crippen LogP contribution in [0.25, 0.3) is 0 Å². The number of hydrogen-bond acceptors (Lipinski definition) is 2. The topological polar surface area (TPSA) is 29.1 Å². The Balaban J connectivity index is 1.98. The highest BCUT2D eigenvalue weighted by Gasteiger charge is 2.17. The molecule has 0 heterocycles. The van der Waals surface area contributed by atoms with Gasteiger partial charge >= 0.3 is 0 Å². The van der Waals surface area contributed by atoms with Crippen LogP contribution < -0.4 is 5.32 Å². The van der Waals surface area contributed by atoms with Gasteiger partial charge in [-0.1, -0.05) is 19.8 Å². The average molecular weight is 217 g/mol. The van der Waals surface area contributed by atoms with E-state index in [0.717, 1.165) is 36.9 Å². The fourth-order valence-corrected chi connectivity index (χ4v) is 3.55. The molecule has 0 aliphatic heterocycles. The van der Waals surface area contributed by atoms with Crippen LogP contribution in [0, 0.1) is 5.92 Å². The Labute approximate surface area is 90.3 Å². The Bertz CT molecular complexity index is 167. The van der Waals surface area contributed by atoms with Gasteiger partial charge in [0.1, 0.15) is 0 Å². The molecule has 1 fully saturated rings. The first-order valence-corrected chi connectivity index (χ1v) is 7.37. The molecule has 1 N–H and O–H groups in total. The zero-order valence-electron chi connectivity index (χ0n) is 9.26. The summed E-state index contributed by atoms with van der Waals surface area (Å²) in [6.45, 7) is 4.15. The summed E-state index contributed by atoms with van der Waals surface area (Å²) in [6, 6.07) is 0. The second-order valence-corrected chi connectivity index (χ2v) is 5.79. The van der Waals surface area contributed by atoms with Crippen LogP contribution in [0.3, 0.4) is 0 Å². The fraction of sp³-hybridized carbons (Fsp3) is 1.00. The summed E-state index contributed by atoms with van der Waals surface area (Å²) in [6.07, 6.45) is 6.42. The highest BCUT2D eigenvalue weighted by atomic mass is 32.2. The molecule has 0 spiro atoms. The highest BCUT2D eigenvalue weighted by Crippen LogP contribution is 2.25. The Morgan fingerprint density at radius 3 is 2.71 bits per heavy atom. The second kappa shape index (κ2) is 7.41. The van der Waals surface area contributed by atoms with Crippen LogP contribution in [0.1, 0.15) is 39.0 Å². The van der Waals surface area contributed by atoms with Crippen molar-refractivity contribution >= 4 is 10.8 Å². The minimum absolute atomic E-state index is 0.553. The predicted octanol–water partition coefficient (Wildman–Crippen LogP) is 1.92. The molecule has 1 aliphatic carbocycles. The van der Waals surface area contributed by atoms with Gasteiger partial charge < -0.3 is 5.32 Å². The van der Waals surface area contributed by atoms with Gasteiger partial charge in [-0.15, -0.1) is 0 Å². The Morgan fingerprint density at radius 1 is 1.36 bits per heavy atom. The van der Waals surface area contributed by atoms with E-state index in [9.17, 15) is 4.21 Å². The summed E-state index contributed by atoms with van der Waals surface area (Å²) >= 11 is 0. The lowest BCUT2D eigenvalue weighted by Gasteiger charge is -2.08. The minimum atomic E-state index is -0.553. The molecule has 1 saturated carbocycles. The third kappa shape index (κ3) is 5.11. The molecular formula is C11H23NOS. The molecule has 0 aromatic carbocycles. The first-order valence-electron chi connectivity index (χ1n) is 5.88. The summed E-state index contributed by atoms with van der Waals surface area (Å²) < 4.78 is 11.6. The standard InChI is InChI=1S/C11H23NOS/c1-2-12-8-5-9-14(13)10-11-6-3-4-7-11/h11-12H,2-10H2,1H3. The summed E-state index contributed by atoms with van der Waals surface area (Å²) in [5, 5.41) is 3.26. The smallest absolute Gasteiger partial charge is 0.0263 e. The zero-order valence-corrected chi connectivity index (χ0v) is 10.1. The van der Waals surface area contributed by atoms with E-state index in [2.05, 4.69) is 12.2 Å². The Hall–Kier alpha value is 0.110. The number of nitrogens with one attached hydrogen (secondary N) is 1. The minimum Gasteiger partial charge on any atom is -0.317 e. The number of hydrogen-bond donors (Lipinski definition) is 1. The molecule has 14 heavy (non-hydrogen) atoms. The molecule has 1 atom stereocenters. The van der Waals surface area contributed by atoms with Gasteiger partial charge in [0.05, 0.1) is 0 Å². The van der Waals surface area contributed by atoms with Gasteiger partial charge in [0, 0.05) is 22.3 Å². The van der Waals surface area contributed by atoms with Gasteiger partial charge in [0.15, 0.2) is 0 Å². The van der Waals surface area contributed by atoms with E-state index in [4.69, 9.17) is 0 Å². The molecule has 0 radical (unpaired) electrons. The third-order valence-corrected chi connectivity index (χ3v) is 4.46. The molecule has 1 aliphatic rings. The van der Waals surface area contributed by atoms with Gasteiger partial charge in [-0.05, 0) is 38.3 Å². The molecule has 0 aromatic rings. The van der Waals surface area contributed by atoms with Crippen LogP contribution in [0.15, 0.2) is 0 Å². The normalized spacial score (nSPS) is 20.1. The fourth-order valence-electron chi connectivity index (χ4n) is 2.06. The van der Waals surface area contributed by atoms with Gasteiger partial charge in [0.2, 0.25) is 0 Å². The summed E-state index contributed by atoms with van der Waals surface area (Å²) in [5.41, 5.74) is 0. The molecule has 0 aromatic heterocycles. The van der Waals surface area contributed by atoms with Crippen molar-refractivity contribution < 1.29 is 4.21 Å². The number of rotatable bonds is 7. The van der Waals surface area contributed by atoms with Crippen LogP contribution in [0.4, 0.5) is 0 Å². The highest BCUT2D eigenvalue weighted by molar-refractivity contribution is 7.84. The van der Waals surface area contributed by atoms with Crippen LogP contribution in [-0.2, 0) is 10.8 Å². The third-order valence-electron chi connectivity index (χ3n) is 2.87. The van der Waals surface area contributed by atoms with Crippen LogP contribution in [0.5, 0.6) is 0 Å². The Kier molecular flexibility index (Phi) is 6.45. The molecule has 0 bridgehead atoms. The van der Waals surface area contributed by atoms with Gasteiger partial charge in [-0.3, -0.25) is 4.21 Å². The van der Waals surface area contributed by atoms with Crippen molar-refractivity contribution in [3.63, 3.8) is 0 Å². The van der Waals surface area contributed by atoms with Gasteiger partial charge in [0.25, 0.3) is 0 Å². The maximum atomic E-state index is 11.6. The molecule has 0 saturated heterocycles. The predicted molar refractivity (Wildman–Crippen MR) is 63.0 cm³/mol. The lowest BCUT2D eigenvalue weighted by molar-refractivity contribution is 0.602. The quantitative estimate of drug-likeness (QED) is 0.660. The second-order valence-electron chi connectivity index (χ2n) is 4.17. The lowest BCUT2D eigenvalue weighted by Crippen LogP contribution is -2.18. The van der Waals surface area contributed by atoms with E-state index in [1.165, 1.54) is 25.7 Å². The molecule has 3 heteroatoms. The summed E-state index contributed by atoms with van der Waals surface area (Å²) in [5.74, 6) is 2.63. The molecule has 1 unspecified atom stereocenters. The van der Waals surface area contributed by atoms with Crippen molar-refractivity contribution in [3.05, 3.63) is 0 Å². The maximum Gasteiger partial charge on any atom is 0.0263 e. The van der Waals surface area contributed by atoms with E-state index in [1.54, 1.807) is 0 Å².